The van der Waals surface area contributed by atoms with Crippen LogP contribution in [0.3, 0.4) is 0 Å². The van der Waals surface area contributed by atoms with E-state index in [-0.39, 0.29) is 0 Å². The Kier molecular flexibility index (Phi) is 5.54. The van der Waals surface area contributed by atoms with E-state index in [9.17, 15) is 0 Å². The van der Waals surface area contributed by atoms with E-state index in [0.717, 1.165) is 5.92 Å². The molecule has 0 aromatic rings. The van der Waals surface area contributed by atoms with E-state index in [2.05, 4.69) is 13.8 Å². The standard InChI is InChI=1S/C13H27N/c1-3-11(2)13(14)10-12-8-6-4-5-7-9-12/h11-13H,3-10,14H2,1-2H3. The SMILES string of the molecule is CCC(C)C(N)CC1CCCCCC1. The summed E-state index contributed by atoms with van der Waals surface area (Å²) in [5.74, 6) is 1.64. The molecule has 84 valence electrons. The average Bonchev–Trinajstić information content (AvgIpc) is 2.45. The maximum atomic E-state index is 6.21. The van der Waals surface area contributed by atoms with Gasteiger partial charge in [0.25, 0.3) is 0 Å². The molecule has 2 N–H and O–H groups in total. The van der Waals surface area contributed by atoms with E-state index >= 15 is 0 Å². The summed E-state index contributed by atoms with van der Waals surface area (Å²) in [4.78, 5) is 0. The van der Waals surface area contributed by atoms with Crippen molar-refractivity contribution in [3.8, 4) is 0 Å². The van der Waals surface area contributed by atoms with Crippen LogP contribution < -0.4 is 5.73 Å². The van der Waals surface area contributed by atoms with Crippen molar-refractivity contribution in [3.63, 3.8) is 0 Å². The van der Waals surface area contributed by atoms with Gasteiger partial charge in [0, 0.05) is 6.04 Å². The van der Waals surface area contributed by atoms with Crippen LogP contribution in [0.15, 0.2) is 0 Å². The van der Waals surface area contributed by atoms with Gasteiger partial charge in [0.05, 0.1) is 0 Å². The van der Waals surface area contributed by atoms with Crippen LogP contribution in [0.1, 0.15) is 65.2 Å². The van der Waals surface area contributed by atoms with Gasteiger partial charge in [-0.2, -0.15) is 0 Å². The van der Waals surface area contributed by atoms with E-state index in [1.165, 1.54) is 51.4 Å². The summed E-state index contributed by atoms with van der Waals surface area (Å²) in [6.45, 7) is 4.54. The third-order valence-electron chi connectivity index (χ3n) is 3.96. The molecule has 0 aliphatic heterocycles. The zero-order valence-electron chi connectivity index (χ0n) is 9.97. The summed E-state index contributed by atoms with van der Waals surface area (Å²) in [6, 6.07) is 0.447. The topological polar surface area (TPSA) is 26.0 Å². The van der Waals surface area contributed by atoms with Crippen molar-refractivity contribution in [1.82, 2.24) is 0 Å². The van der Waals surface area contributed by atoms with Gasteiger partial charge >= 0.3 is 0 Å². The Balaban J connectivity index is 2.26. The van der Waals surface area contributed by atoms with Crippen LogP contribution in [-0.4, -0.2) is 6.04 Å². The van der Waals surface area contributed by atoms with Crippen molar-refractivity contribution in [2.24, 2.45) is 17.6 Å². The molecule has 0 spiro atoms. The van der Waals surface area contributed by atoms with Gasteiger partial charge in [-0.15, -0.1) is 0 Å². The van der Waals surface area contributed by atoms with Crippen LogP contribution in [0.4, 0.5) is 0 Å². The number of hydrogen-bond donors (Lipinski definition) is 1. The van der Waals surface area contributed by atoms with E-state index < -0.39 is 0 Å². The Bertz CT molecular complexity index is 136. The lowest BCUT2D eigenvalue weighted by Crippen LogP contribution is -2.30. The predicted molar refractivity (Wildman–Crippen MR) is 63.2 cm³/mol. The molecule has 0 aromatic heterocycles. The van der Waals surface area contributed by atoms with Crippen molar-refractivity contribution < 1.29 is 0 Å². The first kappa shape index (κ1) is 12.0. The summed E-state index contributed by atoms with van der Waals surface area (Å²) in [6.07, 6.45) is 11.2. The minimum atomic E-state index is 0.447. The first-order chi connectivity index (χ1) is 6.74. The molecule has 1 saturated carbocycles. The van der Waals surface area contributed by atoms with Crippen LogP contribution >= 0.6 is 0 Å². The number of rotatable bonds is 4. The van der Waals surface area contributed by atoms with Gasteiger partial charge in [0.2, 0.25) is 0 Å². The lowest BCUT2D eigenvalue weighted by atomic mass is 9.87. The minimum Gasteiger partial charge on any atom is -0.327 e. The summed E-state index contributed by atoms with van der Waals surface area (Å²) in [5.41, 5.74) is 6.21. The third-order valence-corrected chi connectivity index (χ3v) is 3.96. The fourth-order valence-corrected chi connectivity index (χ4v) is 2.52. The third kappa shape index (κ3) is 4.00. The molecular weight excluding hydrogens is 170 g/mol. The molecule has 1 heteroatoms. The molecule has 0 aromatic carbocycles. The number of nitrogens with two attached hydrogens (primary N) is 1. The Hall–Kier alpha value is -0.0400. The van der Waals surface area contributed by atoms with Gasteiger partial charge in [0.15, 0.2) is 0 Å². The van der Waals surface area contributed by atoms with Crippen molar-refractivity contribution in [2.45, 2.75) is 71.3 Å². The second kappa shape index (κ2) is 6.44. The lowest BCUT2D eigenvalue weighted by molar-refractivity contribution is 0.327. The molecule has 2 unspecified atom stereocenters. The molecule has 1 aliphatic carbocycles. The fraction of sp³-hybridized carbons (Fsp3) is 1.00. The summed E-state index contributed by atoms with van der Waals surface area (Å²) >= 11 is 0. The Labute approximate surface area is 89.5 Å². The number of hydrogen-bond acceptors (Lipinski definition) is 1. The maximum absolute atomic E-state index is 6.21. The zero-order chi connectivity index (χ0) is 10.4. The minimum absolute atomic E-state index is 0.447. The second-order valence-corrected chi connectivity index (χ2v) is 5.14. The smallest absolute Gasteiger partial charge is 0.00670 e. The largest absolute Gasteiger partial charge is 0.327 e. The van der Waals surface area contributed by atoms with Crippen molar-refractivity contribution in [3.05, 3.63) is 0 Å². The molecule has 2 atom stereocenters. The molecule has 0 saturated heterocycles. The van der Waals surface area contributed by atoms with Gasteiger partial charge in [0.1, 0.15) is 0 Å². The van der Waals surface area contributed by atoms with Gasteiger partial charge in [-0.25, -0.2) is 0 Å². The summed E-state index contributed by atoms with van der Waals surface area (Å²) in [7, 11) is 0. The Morgan fingerprint density at radius 1 is 1.14 bits per heavy atom. The predicted octanol–water partition coefficient (Wildman–Crippen LogP) is 3.72. The molecule has 0 radical (unpaired) electrons. The molecule has 1 aliphatic rings. The first-order valence-electron chi connectivity index (χ1n) is 6.49. The molecule has 1 rings (SSSR count). The Morgan fingerprint density at radius 3 is 2.21 bits per heavy atom. The summed E-state index contributed by atoms with van der Waals surface area (Å²) in [5, 5.41) is 0. The summed E-state index contributed by atoms with van der Waals surface area (Å²) < 4.78 is 0. The van der Waals surface area contributed by atoms with Crippen molar-refractivity contribution in [2.75, 3.05) is 0 Å². The van der Waals surface area contributed by atoms with Crippen molar-refractivity contribution >= 4 is 0 Å². The van der Waals surface area contributed by atoms with Crippen LogP contribution in [0.25, 0.3) is 0 Å². The van der Waals surface area contributed by atoms with Gasteiger partial charge < -0.3 is 5.73 Å². The highest BCUT2D eigenvalue weighted by atomic mass is 14.6. The first-order valence-corrected chi connectivity index (χ1v) is 6.49. The average molecular weight is 197 g/mol. The van der Waals surface area contributed by atoms with Crippen LogP contribution in [0, 0.1) is 11.8 Å². The molecular formula is C13H27N. The van der Waals surface area contributed by atoms with Gasteiger partial charge in [-0.3, -0.25) is 0 Å². The van der Waals surface area contributed by atoms with E-state index in [1.807, 2.05) is 0 Å². The molecule has 0 bridgehead atoms. The van der Waals surface area contributed by atoms with Gasteiger partial charge in [-0.1, -0.05) is 58.8 Å². The molecule has 1 nitrogen and oxygen atoms in total. The van der Waals surface area contributed by atoms with E-state index in [1.54, 1.807) is 0 Å². The normalized spacial score (nSPS) is 24.2. The highest BCUT2D eigenvalue weighted by Crippen LogP contribution is 2.27. The second-order valence-electron chi connectivity index (χ2n) is 5.14. The van der Waals surface area contributed by atoms with E-state index in [4.69, 9.17) is 5.73 Å². The fourth-order valence-electron chi connectivity index (χ4n) is 2.52. The van der Waals surface area contributed by atoms with Crippen LogP contribution in [0.2, 0.25) is 0 Å². The van der Waals surface area contributed by atoms with Crippen molar-refractivity contribution in [1.29, 1.82) is 0 Å². The molecule has 1 fully saturated rings. The Morgan fingerprint density at radius 2 is 1.71 bits per heavy atom. The van der Waals surface area contributed by atoms with Crippen LogP contribution in [-0.2, 0) is 0 Å². The highest BCUT2D eigenvalue weighted by molar-refractivity contribution is 4.74. The quantitative estimate of drug-likeness (QED) is 0.683. The molecule has 0 heterocycles. The zero-order valence-corrected chi connectivity index (χ0v) is 9.97. The molecule has 0 amide bonds. The highest BCUT2D eigenvalue weighted by Gasteiger charge is 2.18. The molecule has 14 heavy (non-hydrogen) atoms. The van der Waals surface area contributed by atoms with Crippen LogP contribution in [0.5, 0.6) is 0 Å². The monoisotopic (exact) mass is 197 g/mol. The van der Waals surface area contributed by atoms with Gasteiger partial charge in [-0.05, 0) is 18.3 Å². The lowest BCUT2D eigenvalue weighted by Gasteiger charge is -2.23. The van der Waals surface area contributed by atoms with E-state index in [0.29, 0.717) is 12.0 Å². The maximum Gasteiger partial charge on any atom is 0.00670 e.